The van der Waals surface area contributed by atoms with E-state index in [4.69, 9.17) is 5.73 Å². The van der Waals surface area contributed by atoms with E-state index in [0.717, 1.165) is 39.6 Å². The van der Waals surface area contributed by atoms with Crippen LogP contribution < -0.4 is 16.4 Å². The topological polar surface area (TPSA) is 84.2 Å². The van der Waals surface area contributed by atoms with Crippen molar-refractivity contribution in [1.29, 1.82) is 0 Å². The monoisotopic (exact) mass is 347 g/mol. The maximum atomic E-state index is 12.2. The Morgan fingerprint density at radius 1 is 1.22 bits per heavy atom. The molecule has 0 aliphatic carbocycles. The third-order valence-electron chi connectivity index (χ3n) is 3.69. The number of thiophene rings is 1. The average Bonchev–Trinajstić information content (AvgIpc) is 2.87. The number of hydrogen-bond donors (Lipinski definition) is 3. The Bertz CT molecular complexity index is 771. The van der Waals surface area contributed by atoms with Crippen LogP contribution in [0.4, 0.5) is 15.5 Å². The molecule has 0 fully saturated rings. The van der Waals surface area contributed by atoms with E-state index in [0.29, 0.717) is 10.6 Å². The van der Waals surface area contributed by atoms with Gasteiger partial charge in [0.25, 0.3) is 5.91 Å². The van der Waals surface area contributed by atoms with E-state index >= 15 is 0 Å². The Labute approximate surface area is 142 Å². The number of hydrogen-bond acceptors (Lipinski definition) is 4. The highest BCUT2D eigenvalue weighted by Gasteiger charge is 2.25. The summed E-state index contributed by atoms with van der Waals surface area (Å²) in [5.74, 6) is 1.35. The van der Waals surface area contributed by atoms with Crippen LogP contribution in [0.3, 0.4) is 0 Å². The number of carbonyl (C=O) groups is 2. The number of aryl methyl sites for hydroxylation is 1. The van der Waals surface area contributed by atoms with Gasteiger partial charge in [-0.2, -0.15) is 11.8 Å². The van der Waals surface area contributed by atoms with E-state index in [1.807, 2.05) is 43.0 Å². The summed E-state index contributed by atoms with van der Waals surface area (Å²) in [5, 5.41) is 6.13. The molecule has 0 spiro atoms. The fourth-order valence-corrected chi connectivity index (χ4v) is 4.93. The molecule has 2 aromatic rings. The zero-order valence-corrected chi connectivity index (χ0v) is 14.3. The molecule has 1 aromatic carbocycles. The molecule has 1 aliphatic heterocycles. The van der Waals surface area contributed by atoms with Gasteiger partial charge in [-0.15, -0.1) is 11.3 Å². The number of thioether (sulfide) groups is 1. The average molecular weight is 347 g/mol. The van der Waals surface area contributed by atoms with E-state index < -0.39 is 5.91 Å². The van der Waals surface area contributed by atoms with Crippen molar-refractivity contribution in [3.05, 3.63) is 45.8 Å². The molecule has 3 rings (SSSR count). The number of primary amides is 1. The normalized spacial score (nSPS) is 13.3. The maximum Gasteiger partial charge on any atom is 0.324 e. The number of carbonyl (C=O) groups excluding carboxylic acids is 2. The number of anilines is 2. The molecule has 0 bridgehead atoms. The van der Waals surface area contributed by atoms with Gasteiger partial charge in [0.05, 0.1) is 5.56 Å². The van der Waals surface area contributed by atoms with Crippen LogP contribution in [-0.2, 0) is 12.2 Å². The van der Waals surface area contributed by atoms with Gasteiger partial charge in [0.2, 0.25) is 0 Å². The van der Waals surface area contributed by atoms with Crippen molar-refractivity contribution in [1.82, 2.24) is 0 Å². The second-order valence-corrected chi connectivity index (χ2v) is 7.48. The highest BCUT2D eigenvalue weighted by Crippen LogP contribution is 2.39. The number of benzene rings is 1. The molecule has 0 saturated heterocycles. The van der Waals surface area contributed by atoms with Crippen LogP contribution >= 0.6 is 23.1 Å². The van der Waals surface area contributed by atoms with Gasteiger partial charge in [-0.25, -0.2) is 4.79 Å². The molecule has 0 unspecified atom stereocenters. The first-order valence-corrected chi connectivity index (χ1v) is 9.19. The molecule has 120 valence electrons. The van der Waals surface area contributed by atoms with Crippen LogP contribution in [-0.4, -0.2) is 17.7 Å². The van der Waals surface area contributed by atoms with Crippen molar-refractivity contribution in [3.8, 4) is 0 Å². The van der Waals surface area contributed by atoms with Gasteiger partial charge in [0, 0.05) is 16.3 Å². The zero-order valence-electron chi connectivity index (χ0n) is 12.6. The summed E-state index contributed by atoms with van der Waals surface area (Å²) in [6, 6.07) is 7.16. The van der Waals surface area contributed by atoms with Crippen LogP contribution in [0.25, 0.3) is 0 Å². The van der Waals surface area contributed by atoms with Gasteiger partial charge < -0.3 is 11.1 Å². The lowest BCUT2D eigenvalue weighted by Crippen LogP contribution is -2.22. The molecule has 7 heteroatoms. The standard InChI is InChI=1S/C16H17N3O2S2/c1-9-4-2-3-5-11(9)18-16(21)19-15-13(14(17)20)10-6-7-22-8-12(10)23-15/h2-5H,6-8H2,1H3,(H2,17,20)(H2,18,19,21). The van der Waals surface area contributed by atoms with Gasteiger partial charge in [0.1, 0.15) is 5.00 Å². The van der Waals surface area contributed by atoms with Crippen LogP contribution in [0.15, 0.2) is 24.3 Å². The first-order valence-electron chi connectivity index (χ1n) is 7.22. The molecule has 3 amide bonds. The zero-order chi connectivity index (χ0) is 16.4. The molecule has 0 radical (unpaired) electrons. The highest BCUT2D eigenvalue weighted by molar-refractivity contribution is 7.98. The van der Waals surface area contributed by atoms with Crippen molar-refractivity contribution in [2.45, 2.75) is 19.1 Å². The molecule has 23 heavy (non-hydrogen) atoms. The van der Waals surface area contributed by atoms with Gasteiger partial charge in [0.15, 0.2) is 0 Å². The quantitative estimate of drug-likeness (QED) is 0.793. The first-order chi connectivity index (χ1) is 11.1. The molecule has 0 saturated carbocycles. The predicted molar refractivity (Wildman–Crippen MR) is 96.5 cm³/mol. The Balaban J connectivity index is 1.82. The number of rotatable bonds is 3. The van der Waals surface area contributed by atoms with Crippen molar-refractivity contribution < 1.29 is 9.59 Å². The number of nitrogens with one attached hydrogen (secondary N) is 2. The third kappa shape index (κ3) is 3.35. The minimum absolute atomic E-state index is 0.368. The van der Waals surface area contributed by atoms with E-state index in [1.54, 1.807) is 0 Å². The number of para-hydroxylation sites is 1. The van der Waals surface area contributed by atoms with Crippen molar-refractivity contribution >= 4 is 45.7 Å². The Hall–Kier alpha value is -1.99. The predicted octanol–water partition coefficient (Wildman–Crippen LogP) is 3.59. The summed E-state index contributed by atoms with van der Waals surface area (Å²) in [7, 11) is 0. The van der Waals surface area contributed by atoms with E-state index in [-0.39, 0.29) is 6.03 Å². The second-order valence-electron chi connectivity index (χ2n) is 5.27. The van der Waals surface area contributed by atoms with Crippen LogP contribution in [0.2, 0.25) is 0 Å². The van der Waals surface area contributed by atoms with E-state index in [1.165, 1.54) is 11.3 Å². The smallest absolute Gasteiger partial charge is 0.324 e. The number of fused-ring (bicyclic) bond motifs is 1. The molecule has 5 nitrogen and oxygen atoms in total. The van der Waals surface area contributed by atoms with Crippen molar-refractivity contribution in [2.24, 2.45) is 5.73 Å². The number of urea groups is 1. The summed E-state index contributed by atoms with van der Waals surface area (Å²) in [5.41, 5.74) is 8.69. The molecular weight excluding hydrogens is 330 g/mol. The van der Waals surface area contributed by atoms with Gasteiger partial charge in [-0.05, 0) is 36.3 Å². The summed E-state index contributed by atoms with van der Waals surface area (Å²) in [6.45, 7) is 1.92. The Morgan fingerprint density at radius 3 is 2.74 bits per heavy atom. The molecule has 4 N–H and O–H groups in total. The lowest BCUT2D eigenvalue weighted by Gasteiger charge is -2.11. The second kappa shape index (κ2) is 6.64. The minimum atomic E-state index is -0.486. The fraction of sp³-hybridized carbons (Fsp3) is 0.250. The number of nitrogens with two attached hydrogens (primary N) is 1. The van der Waals surface area contributed by atoms with Crippen molar-refractivity contribution in [2.75, 3.05) is 16.4 Å². The lowest BCUT2D eigenvalue weighted by molar-refractivity contribution is 0.100. The van der Waals surface area contributed by atoms with E-state index in [9.17, 15) is 9.59 Å². The lowest BCUT2D eigenvalue weighted by atomic mass is 10.1. The fourth-order valence-electron chi connectivity index (χ4n) is 2.55. The van der Waals surface area contributed by atoms with Crippen LogP contribution in [0, 0.1) is 6.92 Å². The van der Waals surface area contributed by atoms with Crippen LogP contribution in [0.5, 0.6) is 0 Å². The molecule has 1 aliphatic rings. The molecular formula is C16H17N3O2S2. The molecule has 2 heterocycles. The Kier molecular flexibility index (Phi) is 4.58. The minimum Gasteiger partial charge on any atom is -0.365 e. The van der Waals surface area contributed by atoms with Gasteiger partial charge >= 0.3 is 6.03 Å². The largest absolute Gasteiger partial charge is 0.365 e. The summed E-state index contributed by atoms with van der Waals surface area (Å²) in [4.78, 5) is 25.2. The van der Waals surface area contributed by atoms with Crippen LogP contribution in [0.1, 0.15) is 26.4 Å². The highest BCUT2D eigenvalue weighted by atomic mass is 32.2. The summed E-state index contributed by atoms with van der Waals surface area (Å²) < 4.78 is 0. The molecule has 0 atom stereocenters. The van der Waals surface area contributed by atoms with Gasteiger partial charge in [-0.1, -0.05) is 18.2 Å². The SMILES string of the molecule is Cc1ccccc1NC(=O)Nc1sc2c(c1C(N)=O)CCSC2. The number of amides is 3. The molecule has 1 aromatic heterocycles. The van der Waals surface area contributed by atoms with E-state index in [2.05, 4.69) is 10.6 Å². The summed E-state index contributed by atoms with van der Waals surface area (Å²) in [6.07, 6.45) is 0.815. The summed E-state index contributed by atoms with van der Waals surface area (Å²) >= 11 is 3.26. The first kappa shape index (κ1) is 15.9. The van der Waals surface area contributed by atoms with Crippen molar-refractivity contribution in [3.63, 3.8) is 0 Å². The van der Waals surface area contributed by atoms with Gasteiger partial charge in [-0.3, -0.25) is 10.1 Å². The third-order valence-corrected chi connectivity index (χ3v) is 6.00. The Morgan fingerprint density at radius 2 is 2.00 bits per heavy atom. The maximum absolute atomic E-state index is 12.2.